The Hall–Kier alpha value is -5.97. The Balaban J connectivity index is 1.29. The molecule has 11 heteroatoms. The van der Waals surface area contributed by atoms with Gasteiger partial charge in [0.25, 0.3) is 11.5 Å². The third-order valence-corrected chi connectivity index (χ3v) is 6.81. The molecule has 0 fully saturated rings. The number of benzene rings is 3. The highest BCUT2D eigenvalue weighted by Crippen LogP contribution is 2.36. The summed E-state index contributed by atoms with van der Waals surface area (Å²) in [4.78, 5) is 26.7. The van der Waals surface area contributed by atoms with Gasteiger partial charge in [-0.25, -0.2) is 13.3 Å². The monoisotopic (exact) mass is 593 g/mol. The molecule has 0 saturated carbocycles. The fraction of sp³-hybridized carbons (Fsp3) is 0.0606. The number of amides is 1. The Kier molecular flexibility index (Phi) is 7.51. The second kappa shape index (κ2) is 11.7. The average Bonchev–Trinajstić information content (AvgIpc) is 3.45. The number of nitrogens with one attached hydrogen (secondary N) is 1. The Morgan fingerprint density at radius 2 is 1.75 bits per heavy atom. The molecule has 0 saturated heterocycles. The van der Waals surface area contributed by atoms with Crippen molar-refractivity contribution in [3.63, 3.8) is 0 Å². The summed E-state index contributed by atoms with van der Waals surface area (Å²) in [5, 5.41) is 6.88. The number of halogens is 2. The van der Waals surface area contributed by atoms with Crippen molar-refractivity contribution >= 4 is 22.8 Å². The van der Waals surface area contributed by atoms with Crippen LogP contribution in [0.15, 0.2) is 108 Å². The van der Waals surface area contributed by atoms with Crippen LogP contribution < -0.4 is 26.1 Å². The number of hydrogen-bond acceptors (Lipinski definition) is 6. The maximum absolute atomic E-state index is 15.4. The molecule has 0 aliphatic heterocycles. The van der Waals surface area contributed by atoms with E-state index in [4.69, 9.17) is 15.2 Å². The fourth-order valence-electron chi connectivity index (χ4n) is 4.82. The third-order valence-electron chi connectivity index (χ3n) is 6.81. The van der Waals surface area contributed by atoms with Crippen LogP contribution in [0.25, 0.3) is 22.3 Å². The maximum Gasteiger partial charge on any atom is 0.271 e. The predicted molar refractivity (Wildman–Crippen MR) is 163 cm³/mol. The van der Waals surface area contributed by atoms with Gasteiger partial charge in [-0.2, -0.15) is 5.10 Å². The van der Waals surface area contributed by atoms with Crippen molar-refractivity contribution in [3.8, 4) is 34.1 Å². The van der Waals surface area contributed by atoms with Crippen LogP contribution in [0.2, 0.25) is 0 Å². The molecular weight excluding hydrogens is 568 g/mol. The first-order valence-electron chi connectivity index (χ1n) is 13.6. The van der Waals surface area contributed by atoms with Crippen LogP contribution in [0, 0.1) is 11.6 Å². The second-order valence-corrected chi connectivity index (χ2v) is 9.68. The summed E-state index contributed by atoms with van der Waals surface area (Å²) in [6, 6.07) is 21.4. The summed E-state index contributed by atoms with van der Waals surface area (Å²) < 4.78 is 43.1. The first kappa shape index (κ1) is 28.2. The van der Waals surface area contributed by atoms with Gasteiger partial charge in [-0.05, 0) is 73.2 Å². The molecule has 3 heterocycles. The molecule has 6 aromatic rings. The van der Waals surface area contributed by atoms with Gasteiger partial charge in [0.15, 0.2) is 17.3 Å². The standard InChI is InChI=1S/C33H25F2N5O4/c1-2-43-28-14-16-39(24-9-6-21(34)7-10-24)33(42)30(28)32(41)38-23-8-11-27(26(35)19-23)44-29-12-15-37-40-17-13-25(31(29)40)20-4-3-5-22(36)18-20/h3-19H,2,36H2,1H3,(H,38,41). The van der Waals surface area contributed by atoms with Crippen molar-refractivity contribution in [1.29, 1.82) is 0 Å². The van der Waals surface area contributed by atoms with Gasteiger partial charge in [0, 0.05) is 47.2 Å². The Morgan fingerprint density at radius 3 is 2.50 bits per heavy atom. The number of anilines is 2. The van der Waals surface area contributed by atoms with E-state index in [2.05, 4.69) is 10.4 Å². The number of pyridine rings is 1. The molecule has 0 aliphatic rings. The number of nitrogens with zero attached hydrogens (tertiary/aromatic N) is 3. The number of carbonyl (C=O) groups is 1. The summed E-state index contributed by atoms with van der Waals surface area (Å²) in [5.41, 5.74) is 8.28. The average molecular weight is 594 g/mol. The van der Waals surface area contributed by atoms with E-state index in [0.717, 1.165) is 17.2 Å². The van der Waals surface area contributed by atoms with Crippen molar-refractivity contribution in [2.24, 2.45) is 0 Å². The number of nitrogens with two attached hydrogens (primary N) is 1. The first-order valence-corrected chi connectivity index (χ1v) is 13.6. The highest BCUT2D eigenvalue weighted by atomic mass is 19.1. The van der Waals surface area contributed by atoms with Gasteiger partial charge in [-0.3, -0.25) is 14.2 Å². The minimum atomic E-state index is -0.807. The topological polar surface area (TPSA) is 113 Å². The van der Waals surface area contributed by atoms with Crippen LogP contribution in [0.3, 0.4) is 0 Å². The summed E-state index contributed by atoms with van der Waals surface area (Å²) in [6.45, 7) is 1.91. The second-order valence-electron chi connectivity index (χ2n) is 9.68. The Morgan fingerprint density at radius 1 is 0.932 bits per heavy atom. The molecule has 0 radical (unpaired) electrons. The molecule has 0 aliphatic carbocycles. The number of carbonyl (C=O) groups excluding carboxylic acids is 1. The van der Waals surface area contributed by atoms with E-state index in [1.54, 1.807) is 29.8 Å². The van der Waals surface area contributed by atoms with Gasteiger partial charge in [0.2, 0.25) is 0 Å². The Bertz CT molecular complexity index is 2070. The van der Waals surface area contributed by atoms with Crippen LogP contribution >= 0.6 is 0 Å². The highest BCUT2D eigenvalue weighted by Gasteiger charge is 2.21. The zero-order valence-corrected chi connectivity index (χ0v) is 23.3. The minimum absolute atomic E-state index is 0.0543. The molecule has 0 unspecified atom stereocenters. The van der Waals surface area contributed by atoms with Crippen LogP contribution in [-0.2, 0) is 0 Å². The quantitative estimate of drug-likeness (QED) is 0.196. The lowest BCUT2D eigenvalue weighted by Gasteiger charge is -2.14. The van der Waals surface area contributed by atoms with Crippen LogP contribution in [-0.4, -0.2) is 26.7 Å². The minimum Gasteiger partial charge on any atom is -0.493 e. The third kappa shape index (κ3) is 5.45. The van der Waals surface area contributed by atoms with Crippen molar-refractivity contribution in [1.82, 2.24) is 14.2 Å². The molecule has 44 heavy (non-hydrogen) atoms. The fourth-order valence-corrected chi connectivity index (χ4v) is 4.82. The van der Waals surface area contributed by atoms with Gasteiger partial charge in [0.1, 0.15) is 22.6 Å². The van der Waals surface area contributed by atoms with Crippen molar-refractivity contribution in [3.05, 3.63) is 131 Å². The number of aromatic nitrogens is 3. The van der Waals surface area contributed by atoms with E-state index >= 15 is 4.39 Å². The number of fused-ring (bicyclic) bond motifs is 1. The molecular formula is C33H25F2N5O4. The lowest BCUT2D eigenvalue weighted by molar-refractivity contribution is 0.102. The highest BCUT2D eigenvalue weighted by molar-refractivity contribution is 6.06. The summed E-state index contributed by atoms with van der Waals surface area (Å²) in [7, 11) is 0. The van der Waals surface area contributed by atoms with E-state index in [0.29, 0.717) is 22.6 Å². The number of hydrogen-bond donors (Lipinski definition) is 2. The molecule has 3 aromatic carbocycles. The normalized spacial score (nSPS) is 11.0. The maximum atomic E-state index is 15.4. The van der Waals surface area contributed by atoms with Crippen LogP contribution in [0.5, 0.6) is 17.2 Å². The SMILES string of the molecule is CCOc1ccn(-c2ccc(F)cc2)c(=O)c1C(=O)Nc1ccc(Oc2ccnn3ccc(-c4cccc(N)c4)c23)c(F)c1. The lowest BCUT2D eigenvalue weighted by Crippen LogP contribution is -2.29. The molecule has 1 amide bonds. The van der Waals surface area contributed by atoms with E-state index in [1.807, 2.05) is 24.3 Å². The van der Waals surface area contributed by atoms with Gasteiger partial charge < -0.3 is 20.5 Å². The summed E-state index contributed by atoms with van der Waals surface area (Å²) in [6.07, 6.45) is 4.73. The van der Waals surface area contributed by atoms with Crippen LogP contribution in [0.1, 0.15) is 17.3 Å². The zero-order valence-electron chi connectivity index (χ0n) is 23.3. The molecule has 0 spiro atoms. The predicted octanol–water partition coefficient (Wildman–Crippen LogP) is 6.46. The van der Waals surface area contributed by atoms with Crippen LogP contribution in [0.4, 0.5) is 20.2 Å². The van der Waals surface area contributed by atoms with Gasteiger partial charge in [-0.15, -0.1) is 0 Å². The number of ether oxygens (including phenoxy) is 2. The van der Waals surface area contributed by atoms with E-state index < -0.39 is 23.1 Å². The zero-order chi connectivity index (χ0) is 30.8. The summed E-state index contributed by atoms with van der Waals surface area (Å²) >= 11 is 0. The molecule has 0 atom stereocenters. The molecule has 9 nitrogen and oxygen atoms in total. The molecule has 3 aromatic heterocycles. The van der Waals surface area contributed by atoms with Gasteiger partial charge >= 0.3 is 0 Å². The van der Waals surface area contributed by atoms with E-state index in [1.165, 1.54) is 59.4 Å². The number of rotatable bonds is 8. The summed E-state index contributed by atoms with van der Waals surface area (Å²) in [5.74, 6) is -1.72. The smallest absolute Gasteiger partial charge is 0.271 e. The molecule has 220 valence electrons. The van der Waals surface area contributed by atoms with Gasteiger partial charge in [0.05, 0.1) is 12.8 Å². The Labute approximate surface area is 249 Å². The molecule has 0 bridgehead atoms. The van der Waals surface area contributed by atoms with Crippen molar-refractivity contribution < 1.29 is 23.0 Å². The number of nitrogen functional groups attached to an aromatic ring is 1. The molecule has 3 N–H and O–H groups in total. The van der Waals surface area contributed by atoms with E-state index in [-0.39, 0.29) is 29.4 Å². The van der Waals surface area contributed by atoms with Crippen molar-refractivity contribution in [2.45, 2.75) is 6.92 Å². The first-order chi connectivity index (χ1) is 21.3. The van der Waals surface area contributed by atoms with Gasteiger partial charge in [-0.1, -0.05) is 12.1 Å². The van der Waals surface area contributed by atoms with Crippen molar-refractivity contribution in [2.75, 3.05) is 17.7 Å². The molecule has 6 rings (SSSR count). The van der Waals surface area contributed by atoms with E-state index in [9.17, 15) is 14.0 Å². The largest absolute Gasteiger partial charge is 0.493 e. The lowest BCUT2D eigenvalue weighted by atomic mass is 10.1.